The molecule has 8 rings (SSSR count). The fourth-order valence-corrected chi connectivity index (χ4v) is 8.66. The summed E-state index contributed by atoms with van der Waals surface area (Å²) in [6.07, 6.45) is 2.15. The Morgan fingerprint density at radius 3 is 1.94 bits per heavy atom. The maximum absolute atomic E-state index is 7.16. The van der Waals surface area contributed by atoms with E-state index in [1.165, 1.54) is 55.5 Å². The van der Waals surface area contributed by atoms with Gasteiger partial charge in [0.2, 0.25) is 11.4 Å². The molecular formula is C45H42N2O+2. The van der Waals surface area contributed by atoms with Crippen LogP contribution in [0.15, 0.2) is 132 Å². The highest BCUT2D eigenvalue weighted by Crippen LogP contribution is 2.46. The lowest BCUT2D eigenvalue weighted by Crippen LogP contribution is -2.53. The standard InChI is InChI=1S/C45H42N2O/c1-29-15-8-11-18-37(29)44(3,4)38-20-14-21-40(47(38)7)45(5,39-19-12-13-28-46(39)6)41-30(2)22-24-36-35-27-26-33-32-17-10-9-16-31(32)23-25-34(33)42(35)48-43(36)41/h8-28H,1-7H3/q+2. The second kappa shape index (κ2) is 10.9. The molecular weight excluding hydrogens is 585 g/mol. The molecule has 0 aliphatic heterocycles. The first-order chi connectivity index (χ1) is 23.1. The van der Waals surface area contributed by atoms with Gasteiger partial charge >= 0.3 is 0 Å². The summed E-state index contributed by atoms with van der Waals surface area (Å²) >= 11 is 0. The first-order valence-corrected chi connectivity index (χ1v) is 16.9. The molecule has 236 valence electrons. The maximum Gasteiger partial charge on any atom is 0.202 e. The smallest absolute Gasteiger partial charge is 0.202 e. The molecule has 3 heterocycles. The van der Waals surface area contributed by atoms with Crippen LogP contribution in [-0.2, 0) is 24.9 Å². The Balaban J connectivity index is 1.46. The number of pyridine rings is 2. The minimum absolute atomic E-state index is 0.224. The first kappa shape index (κ1) is 30.1. The molecule has 8 aromatic rings. The molecule has 0 radical (unpaired) electrons. The molecule has 0 spiro atoms. The van der Waals surface area contributed by atoms with E-state index in [0.29, 0.717) is 0 Å². The number of aryl methyl sites for hydroxylation is 3. The van der Waals surface area contributed by atoms with Gasteiger partial charge in [-0.2, -0.15) is 0 Å². The molecule has 0 fully saturated rings. The van der Waals surface area contributed by atoms with Gasteiger partial charge in [-0.3, -0.25) is 0 Å². The summed E-state index contributed by atoms with van der Waals surface area (Å²) in [6, 6.07) is 44.2. The van der Waals surface area contributed by atoms with Crippen molar-refractivity contribution in [3.8, 4) is 0 Å². The largest absolute Gasteiger partial charge is 0.455 e. The van der Waals surface area contributed by atoms with Crippen LogP contribution in [0.3, 0.4) is 0 Å². The van der Waals surface area contributed by atoms with E-state index in [1.807, 2.05) is 0 Å². The molecule has 0 bridgehead atoms. The normalized spacial score (nSPS) is 13.5. The Hall–Kier alpha value is -5.28. The van der Waals surface area contributed by atoms with E-state index in [4.69, 9.17) is 4.42 Å². The fraction of sp³-hybridized carbons (Fsp3) is 0.200. The van der Waals surface area contributed by atoms with Crippen LogP contribution in [0.2, 0.25) is 0 Å². The molecule has 0 saturated heterocycles. The van der Waals surface area contributed by atoms with E-state index >= 15 is 0 Å². The lowest BCUT2D eigenvalue weighted by atomic mass is 9.72. The second-order valence-electron chi connectivity index (χ2n) is 14.2. The van der Waals surface area contributed by atoms with Gasteiger partial charge in [-0.05, 0) is 85.7 Å². The van der Waals surface area contributed by atoms with Crippen LogP contribution in [0.1, 0.15) is 60.1 Å². The molecule has 5 aromatic carbocycles. The Morgan fingerprint density at radius 2 is 1.12 bits per heavy atom. The summed E-state index contributed by atoms with van der Waals surface area (Å²) in [5, 5.41) is 7.13. The highest BCUT2D eigenvalue weighted by atomic mass is 16.3. The van der Waals surface area contributed by atoms with E-state index in [-0.39, 0.29) is 5.41 Å². The molecule has 3 heteroatoms. The molecule has 3 nitrogen and oxygen atoms in total. The van der Waals surface area contributed by atoms with Crippen LogP contribution >= 0.6 is 0 Å². The summed E-state index contributed by atoms with van der Waals surface area (Å²) < 4.78 is 11.9. The fourth-order valence-electron chi connectivity index (χ4n) is 8.66. The van der Waals surface area contributed by atoms with E-state index in [9.17, 15) is 0 Å². The number of rotatable bonds is 5. The zero-order valence-electron chi connectivity index (χ0n) is 28.9. The van der Waals surface area contributed by atoms with Crippen LogP contribution in [0.25, 0.3) is 43.5 Å². The third kappa shape index (κ3) is 4.27. The molecule has 0 aliphatic carbocycles. The number of nitrogens with zero attached hydrogens (tertiary/aromatic N) is 2. The van der Waals surface area contributed by atoms with Crippen LogP contribution < -0.4 is 9.13 Å². The van der Waals surface area contributed by atoms with Crippen molar-refractivity contribution < 1.29 is 13.6 Å². The summed E-state index contributed by atoms with van der Waals surface area (Å²) in [5.74, 6) is 0. The van der Waals surface area contributed by atoms with Crippen molar-refractivity contribution in [2.45, 2.75) is 45.4 Å². The SMILES string of the molecule is Cc1ccccc1C(C)(C)c1cccc(C(C)(c2c(C)ccc3c2oc2c3ccc3c4ccccc4ccc32)c2cccc[n+]2C)[n+]1C. The first-order valence-electron chi connectivity index (χ1n) is 16.9. The Kier molecular flexibility index (Phi) is 6.82. The highest BCUT2D eigenvalue weighted by Gasteiger charge is 2.48. The van der Waals surface area contributed by atoms with E-state index < -0.39 is 5.41 Å². The van der Waals surface area contributed by atoms with Crippen LogP contribution in [0.4, 0.5) is 0 Å². The number of hydrogen-bond donors (Lipinski definition) is 0. The number of benzene rings is 5. The highest BCUT2D eigenvalue weighted by molar-refractivity contribution is 6.20. The zero-order valence-corrected chi connectivity index (χ0v) is 28.9. The molecule has 3 aromatic heterocycles. The molecule has 1 unspecified atom stereocenters. The maximum atomic E-state index is 7.16. The van der Waals surface area contributed by atoms with Crippen molar-refractivity contribution in [2.24, 2.45) is 14.1 Å². The summed E-state index contributed by atoms with van der Waals surface area (Å²) in [6.45, 7) is 11.5. The average Bonchev–Trinajstić information content (AvgIpc) is 3.47. The average molecular weight is 627 g/mol. The van der Waals surface area contributed by atoms with Crippen molar-refractivity contribution in [1.29, 1.82) is 0 Å². The topological polar surface area (TPSA) is 20.9 Å². The van der Waals surface area contributed by atoms with E-state index in [1.54, 1.807) is 0 Å². The second-order valence-corrected chi connectivity index (χ2v) is 14.2. The molecule has 0 amide bonds. The summed E-state index contributed by atoms with van der Waals surface area (Å²) in [5.41, 5.74) is 9.77. The monoisotopic (exact) mass is 626 g/mol. The molecule has 48 heavy (non-hydrogen) atoms. The molecule has 0 saturated carbocycles. The van der Waals surface area contributed by atoms with Crippen LogP contribution in [0.5, 0.6) is 0 Å². The number of aromatic nitrogens is 2. The summed E-state index contributed by atoms with van der Waals surface area (Å²) in [4.78, 5) is 0. The molecule has 1 atom stereocenters. The van der Waals surface area contributed by atoms with Gasteiger partial charge in [0.05, 0.1) is 5.41 Å². The van der Waals surface area contributed by atoms with Crippen molar-refractivity contribution in [3.63, 3.8) is 0 Å². The van der Waals surface area contributed by atoms with Crippen LogP contribution in [-0.4, -0.2) is 0 Å². The van der Waals surface area contributed by atoms with Crippen molar-refractivity contribution >= 4 is 43.5 Å². The summed E-state index contributed by atoms with van der Waals surface area (Å²) in [7, 11) is 4.39. The van der Waals surface area contributed by atoms with E-state index in [2.05, 4.69) is 185 Å². The minimum atomic E-state index is -0.567. The minimum Gasteiger partial charge on any atom is -0.455 e. The van der Waals surface area contributed by atoms with Gasteiger partial charge < -0.3 is 4.42 Å². The lowest BCUT2D eigenvalue weighted by molar-refractivity contribution is -0.702. The van der Waals surface area contributed by atoms with Gasteiger partial charge in [0.15, 0.2) is 17.3 Å². The number of hydrogen-bond acceptors (Lipinski definition) is 1. The lowest BCUT2D eigenvalue weighted by Gasteiger charge is -2.30. The zero-order chi connectivity index (χ0) is 33.4. The Bertz CT molecular complexity index is 2550. The third-order valence-electron chi connectivity index (χ3n) is 11.0. The molecule has 0 N–H and O–H groups in total. The van der Waals surface area contributed by atoms with Gasteiger partial charge in [0.1, 0.15) is 25.3 Å². The predicted octanol–water partition coefficient (Wildman–Crippen LogP) is 9.84. The number of fused-ring (bicyclic) bond motifs is 7. The quantitative estimate of drug-likeness (QED) is 0.138. The van der Waals surface area contributed by atoms with Gasteiger partial charge in [-0.15, -0.1) is 0 Å². The number of furan rings is 1. The third-order valence-corrected chi connectivity index (χ3v) is 11.0. The van der Waals surface area contributed by atoms with Crippen molar-refractivity contribution in [1.82, 2.24) is 0 Å². The van der Waals surface area contributed by atoms with Gasteiger partial charge in [0.25, 0.3) is 0 Å². The van der Waals surface area contributed by atoms with Crippen molar-refractivity contribution in [3.05, 3.63) is 167 Å². The van der Waals surface area contributed by atoms with Gasteiger partial charge in [0, 0.05) is 46.0 Å². The van der Waals surface area contributed by atoms with E-state index in [0.717, 1.165) is 27.3 Å². The van der Waals surface area contributed by atoms with Crippen molar-refractivity contribution in [2.75, 3.05) is 0 Å². The Labute approximate surface area is 282 Å². The predicted molar refractivity (Wildman–Crippen MR) is 198 cm³/mol. The van der Waals surface area contributed by atoms with Gasteiger partial charge in [-0.1, -0.05) is 78.9 Å². The van der Waals surface area contributed by atoms with Crippen LogP contribution in [0, 0.1) is 13.8 Å². The Morgan fingerprint density at radius 1 is 0.500 bits per heavy atom. The van der Waals surface area contributed by atoms with Gasteiger partial charge in [-0.25, -0.2) is 9.13 Å². The molecule has 0 aliphatic rings.